The van der Waals surface area contributed by atoms with Crippen molar-refractivity contribution < 1.29 is 9.59 Å². The van der Waals surface area contributed by atoms with Crippen molar-refractivity contribution in [1.29, 1.82) is 0 Å². The van der Waals surface area contributed by atoms with Gasteiger partial charge in [0.15, 0.2) is 0 Å². The Bertz CT molecular complexity index is 995. The molecule has 0 spiro atoms. The maximum Gasteiger partial charge on any atom is 0.224 e. The second-order valence-corrected chi connectivity index (χ2v) is 6.40. The molecule has 3 rings (SSSR count). The SMILES string of the molecule is CCC(=O)Nc1c(C(=O)c2cc(Cl)ccc2N)[nH]c2cc(Cl)ccc12. The average Bonchev–Trinajstić information content (AvgIpc) is 2.93. The molecule has 0 radical (unpaired) electrons. The van der Waals surface area contributed by atoms with Gasteiger partial charge in [0, 0.05) is 38.6 Å². The number of nitrogens with two attached hydrogens (primary N) is 1. The number of hydrogen-bond acceptors (Lipinski definition) is 3. The van der Waals surface area contributed by atoms with E-state index in [-0.39, 0.29) is 29.4 Å². The quantitative estimate of drug-likeness (QED) is 0.458. The summed E-state index contributed by atoms with van der Waals surface area (Å²) in [6.45, 7) is 1.73. The Morgan fingerprint density at radius 1 is 1.12 bits per heavy atom. The molecule has 0 aliphatic heterocycles. The minimum Gasteiger partial charge on any atom is -0.398 e. The molecule has 3 aromatic rings. The predicted molar refractivity (Wildman–Crippen MR) is 102 cm³/mol. The van der Waals surface area contributed by atoms with Crippen LogP contribution in [0.25, 0.3) is 10.9 Å². The Morgan fingerprint density at radius 2 is 1.80 bits per heavy atom. The van der Waals surface area contributed by atoms with E-state index in [4.69, 9.17) is 28.9 Å². The molecule has 0 bridgehead atoms. The van der Waals surface area contributed by atoms with Crippen molar-refractivity contribution >= 4 is 57.2 Å². The standard InChI is InChI=1S/C18H15Cl2N3O2/c1-2-15(24)23-16-11-5-3-10(20)8-14(11)22-17(16)18(25)12-7-9(19)4-6-13(12)21/h3-8,22H,2,21H2,1H3,(H,23,24). The number of aromatic nitrogens is 1. The van der Waals surface area contributed by atoms with Crippen LogP contribution in [0.15, 0.2) is 36.4 Å². The van der Waals surface area contributed by atoms with Gasteiger partial charge in [-0.2, -0.15) is 0 Å². The van der Waals surface area contributed by atoms with Gasteiger partial charge in [-0.05, 0) is 36.4 Å². The van der Waals surface area contributed by atoms with E-state index in [1.165, 1.54) is 6.07 Å². The Kier molecular flexibility index (Phi) is 4.70. The monoisotopic (exact) mass is 375 g/mol. The maximum absolute atomic E-state index is 13.0. The lowest BCUT2D eigenvalue weighted by Crippen LogP contribution is -2.14. The van der Waals surface area contributed by atoms with Gasteiger partial charge in [0.1, 0.15) is 5.69 Å². The highest BCUT2D eigenvalue weighted by Gasteiger charge is 2.22. The molecule has 4 N–H and O–H groups in total. The number of nitrogen functional groups attached to an aromatic ring is 1. The van der Waals surface area contributed by atoms with Gasteiger partial charge in [0.2, 0.25) is 11.7 Å². The number of benzene rings is 2. The van der Waals surface area contributed by atoms with Gasteiger partial charge in [0.25, 0.3) is 0 Å². The number of hydrogen-bond donors (Lipinski definition) is 3. The normalized spacial score (nSPS) is 10.8. The number of halogens is 2. The summed E-state index contributed by atoms with van der Waals surface area (Å²) in [7, 11) is 0. The number of nitrogens with one attached hydrogen (secondary N) is 2. The lowest BCUT2D eigenvalue weighted by atomic mass is 10.0. The van der Waals surface area contributed by atoms with Gasteiger partial charge >= 0.3 is 0 Å². The molecule has 5 nitrogen and oxygen atoms in total. The van der Waals surface area contributed by atoms with E-state index in [2.05, 4.69) is 10.3 Å². The third kappa shape index (κ3) is 3.34. The molecule has 25 heavy (non-hydrogen) atoms. The molecular formula is C18H15Cl2N3O2. The first kappa shape index (κ1) is 17.3. The number of carbonyl (C=O) groups excluding carboxylic acids is 2. The summed E-state index contributed by atoms with van der Waals surface area (Å²) in [4.78, 5) is 28.0. The van der Waals surface area contributed by atoms with E-state index in [1.54, 1.807) is 37.3 Å². The fourth-order valence-electron chi connectivity index (χ4n) is 2.56. The fourth-order valence-corrected chi connectivity index (χ4v) is 2.90. The van der Waals surface area contributed by atoms with E-state index >= 15 is 0 Å². The van der Waals surface area contributed by atoms with Gasteiger partial charge in [-0.15, -0.1) is 0 Å². The topological polar surface area (TPSA) is 88.0 Å². The summed E-state index contributed by atoms with van der Waals surface area (Å²) in [5, 5.41) is 4.39. The van der Waals surface area contributed by atoms with Crippen LogP contribution in [0.5, 0.6) is 0 Å². The Morgan fingerprint density at radius 3 is 2.52 bits per heavy atom. The van der Waals surface area contributed by atoms with E-state index in [1.807, 2.05) is 0 Å². The van der Waals surface area contributed by atoms with Crippen molar-refractivity contribution in [3.8, 4) is 0 Å². The van der Waals surface area contributed by atoms with Crippen LogP contribution in [0, 0.1) is 0 Å². The second kappa shape index (κ2) is 6.78. The van der Waals surface area contributed by atoms with E-state index < -0.39 is 0 Å². The highest BCUT2D eigenvalue weighted by atomic mass is 35.5. The third-order valence-electron chi connectivity index (χ3n) is 3.83. The molecule has 1 heterocycles. The summed E-state index contributed by atoms with van der Waals surface area (Å²) in [6.07, 6.45) is 0.285. The van der Waals surface area contributed by atoms with Crippen molar-refractivity contribution in [2.24, 2.45) is 0 Å². The Hall–Kier alpha value is -2.50. The zero-order chi connectivity index (χ0) is 18.1. The van der Waals surface area contributed by atoms with Crippen molar-refractivity contribution in [1.82, 2.24) is 4.98 Å². The van der Waals surface area contributed by atoms with Gasteiger partial charge in [0.05, 0.1) is 5.69 Å². The van der Waals surface area contributed by atoms with Crippen LogP contribution in [0.3, 0.4) is 0 Å². The number of fused-ring (bicyclic) bond motifs is 1. The molecule has 1 aromatic heterocycles. The summed E-state index contributed by atoms with van der Waals surface area (Å²) >= 11 is 12.0. The van der Waals surface area contributed by atoms with Gasteiger partial charge < -0.3 is 16.0 Å². The summed E-state index contributed by atoms with van der Waals surface area (Å²) in [5.74, 6) is -0.567. The van der Waals surface area contributed by atoms with Gasteiger partial charge in [-0.25, -0.2) is 0 Å². The number of H-pyrrole nitrogens is 1. The average molecular weight is 376 g/mol. The largest absolute Gasteiger partial charge is 0.398 e. The molecule has 7 heteroatoms. The third-order valence-corrected chi connectivity index (χ3v) is 4.30. The van der Waals surface area contributed by atoms with Gasteiger partial charge in [-0.3, -0.25) is 9.59 Å². The lowest BCUT2D eigenvalue weighted by Gasteiger charge is -2.08. The fraction of sp³-hybridized carbons (Fsp3) is 0.111. The molecular weight excluding hydrogens is 361 g/mol. The first-order valence-corrected chi connectivity index (χ1v) is 8.37. The first-order chi connectivity index (χ1) is 11.9. The molecule has 128 valence electrons. The predicted octanol–water partition coefficient (Wildman–Crippen LogP) is 4.64. The minimum absolute atomic E-state index is 0.205. The summed E-state index contributed by atoms with van der Waals surface area (Å²) in [6, 6.07) is 9.82. The maximum atomic E-state index is 13.0. The molecule has 0 fully saturated rings. The second-order valence-electron chi connectivity index (χ2n) is 5.53. The first-order valence-electron chi connectivity index (χ1n) is 7.61. The molecule has 0 aliphatic rings. The number of rotatable bonds is 4. The van der Waals surface area contributed by atoms with E-state index in [9.17, 15) is 9.59 Å². The Balaban J connectivity index is 2.20. The Labute approximate surface area is 154 Å². The molecule has 0 aliphatic carbocycles. The van der Waals surface area contributed by atoms with Crippen molar-refractivity contribution in [2.75, 3.05) is 11.1 Å². The van der Waals surface area contributed by atoms with Crippen LogP contribution in [0.2, 0.25) is 10.0 Å². The van der Waals surface area contributed by atoms with Crippen molar-refractivity contribution in [3.63, 3.8) is 0 Å². The highest BCUT2D eigenvalue weighted by Crippen LogP contribution is 2.32. The van der Waals surface area contributed by atoms with Crippen LogP contribution >= 0.6 is 23.2 Å². The van der Waals surface area contributed by atoms with Crippen LogP contribution in [-0.4, -0.2) is 16.7 Å². The number of amides is 1. The smallest absolute Gasteiger partial charge is 0.224 e. The molecule has 0 unspecified atom stereocenters. The molecule has 2 aromatic carbocycles. The van der Waals surface area contributed by atoms with Gasteiger partial charge in [-0.1, -0.05) is 30.1 Å². The van der Waals surface area contributed by atoms with E-state index in [0.29, 0.717) is 32.3 Å². The number of ketones is 1. The van der Waals surface area contributed by atoms with E-state index in [0.717, 1.165) is 0 Å². The van der Waals surface area contributed by atoms with Crippen LogP contribution < -0.4 is 11.1 Å². The van der Waals surface area contributed by atoms with Crippen LogP contribution in [-0.2, 0) is 4.79 Å². The zero-order valence-electron chi connectivity index (χ0n) is 13.3. The summed E-state index contributed by atoms with van der Waals surface area (Å²) < 4.78 is 0. The van der Waals surface area contributed by atoms with Crippen LogP contribution in [0.1, 0.15) is 29.4 Å². The number of anilines is 2. The number of carbonyl (C=O) groups is 2. The zero-order valence-corrected chi connectivity index (χ0v) is 14.8. The molecule has 0 atom stereocenters. The minimum atomic E-state index is -0.362. The van der Waals surface area contributed by atoms with Crippen molar-refractivity contribution in [3.05, 3.63) is 57.7 Å². The van der Waals surface area contributed by atoms with Crippen molar-refractivity contribution in [2.45, 2.75) is 13.3 Å². The van der Waals surface area contributed by atoms with Crippen LogP contribution in [0.4, 0.5) is 11.4 Å². The molecule has 0 saturated carbocycles. The molecule has 1 amide bonds. The lowest BCUT2D eigenvalue weighted by molar-refractivity contribution is -0.115. The summed E-state index contributed by atoms with van der Waals surface area (Å²) in [5.41, 5.74) is 7.76. The number of aromatic amines is 1. The highest BCUT2D eigenvalue weighted by molar-refractivity contribution is 6.32. The molecule has 0 saturated heterocycles.